The number of nitrogens with one attached hydrogen (secondary N) is 2. The highest BCUT2D eigenvalue weighted by atomic mass is 79.9. The number of halogens is 2. The molecule has 0 radical (unpaired) electrons. The molecule has 8 aromatic carbocycles. The molecule has 356 valence electrons. The number of aryl methyl sites for hydroxylation is 2. The summed E-state index contributed by atoms with van der Waals surface area (Å²) in [4.78, 5) is 54.5. The van der Waals surface area contributed by atoms with Gasteiger partial charge in [-0.2, -0.15) is 0 Å². The number of aromatic nitrogens is 2. The number of nitrogens with zero attached hydrogens (tertiary/aromatic N) is 2. The first-order valence-electron chi connectivity index (χ1n) is 23.3. The number of fused-ring (bicyclic) bond motifs is 6. The Morgan fingerprint density at radius 1 is 0.356 bits per heavy atom. The van der Waals surface area contributed by atoms with Crippen LogP contribution in [-0.4, -0.2) is 38.2 Å². The van der Waals surface area contributed by atoms with Crippen molar-refractivity contribution in [1.29, 1.82) is 0 Å². The number of rotatable bonds is 8. The van der Waals surface area contributed by atoms with Crippen LogP contribution in [0.15, 0.2) is 215 Å². The highest BCUT2D eigenvalue weighted by Gasteiger charge is 2.39. The Morgan fingerprint density at radius 2 is 0.658 bits per heavy atom. The van der Waals surface area contributed by atoms with Crippen LogP contribution in [0.5, 0.6) is 0 Å². The van der Waals surface area contributed by atoms with Gasteiger partial charge in [0.05, 0.1) is 33.9 Å². The molecule has 73 heavy (non-hydrogen) atoms. The van der Waals surface area contributed by atoms with Crippen molar-refractivity contribution in [1.82, 2.24) is 9.35 Å². The molecule has 4 N–H and O–H groups in total. The average Bonchev–Trinajstić information content (AvgIpc) is 4.11. The van der Waals surface area contributed by atoms with Crippen LogP contribution in [0, 0.1) is 13.8 Å². The summed E-state index contributed by atoms with van der Waals surface area (Å²) in [7, 11) is 0. The molecular formula is C62H44Br2N4O5. The Balaban J connectivity index is 0.000000165. The SMILES string of the molecule is Cc1ccc(-c2c(-c3ccc(Br)cc3)c3c(n2NC(=O)c2ccccc2)-c2ccccc2C3=O)cc1.Cc1ccc(-c2c(-c3ccc(Br)cc3)c3c(n2NC(=O)c2ccccc2)-c2ccccc2C3=O)cc1.O. The molecule has 0 aliphatic heterocycles. The molecule has 0 saturated carbocycles. The molecule has 0 spiro atoms. The van der Waals surface area contributed by atoms with Gasteiger partial charge in [-0.15, -0.1) is 0 Å². The lowest BCUT2D eigenvalue weighted by molar-refractivity contribution is 0.100. The highest BCUT2D eigenvalue weighted by molar-refractivity contribution is 9.10. The standard InChI is InChI=1S/2C31H21BrN2O2.H2O/c2*1-19-11-13-21(14-12-19)28-26(20-15-17-23(32)18-16-20)27-29(24-9-5-6-10-25(24)30(27)35)34(28)33-31(36)22-7-3-2-4-8-22;/h2*2-18H,1H3,(H,33,36);1H2. The first-order valence-corrected chi connectivity index (χ1v) is 24.9. The van der Waals surface area contributed by atoms with Crippen molar-refractivity contribution in [2.24, 2.45) is 0 Å². The summed E-state index contributed by atoms with van der Waals surface area (Å²) in [5.74, 6) is -0.582. The number of carbonyl (C=O) groups is 4. The lowest BCUT2D eigenvalue weighted by Gasteiger charge is -2.17. The van der Waals surface area contributed by atoms with E-state index in [9.17, 15) is 19.2 Å². The number of benzene rings is 8. The van der Waals surface area contributed by atoms with Crippen molar-refractivity contribution >= 4 is 55.2 Å². The lowest BCUT2D eigenvalue weighted by atomic mass is 9.95. The zero-order valence-electron chi connectivity index (χ0n) is 39.4. The van der Waals surface area contributed by atoms with Crippen LogP contribution < -0.4 is 10.9 Å². The minimum Gasteiger partial charge on any atom is -0.412 e. The Labute approximate surface area is 438 Å². The van der Waals surface area contributed by atoms with Gasteiger partial charge in [0.2, 0.25) is 0 Å². The Bertz CT molecular complexity index is 3520. The van der Waals surface area contributed by atoms with Crippen molar-refractivity contribution in [3.8, 4) is 67.3 Å². The summed E-state index contributed by atoms with van der Waals surface area (Å²) in [5.41, 5.74) is 21.8. The third-order valence-corrected chi connectivity index (χ3v) is 14.1. The largest absolute Gasteiger partial charge is 0.412 e. The molecule has 0 fully saturated rings. The zero-order chi connectivity index (χ0) is 49.6. The average molecular weight is 1080 g/mol. The van der Waals surface area contributed by atoms with E-state index in [0.717, 1.165) is 76.0 Å². The summed E-state index contributed by atoms with van der Waals surface area (Å²) >= 11 is 7.04. The monoisotopic (exact) mass is 1080 g/mol. The number of amides is 2. The van der Waals surface area contributed by atoms with Crippen LogP contribution in [0.25, 0.3) is 67.3 Å². The van der Waals surface area contributed by atoms with Gasteiger partial charge in [0.25, 0.3) is 11.8 Å². The first kappa shape index (κ1) is 48.2. The number of hydrogen-bond acceptors (Lipinski definition) is 4. The summed E-state index contributed by atoms with van der Waals surface area (Å²) in [6, 6.07) is 65.5. The minimum absolute atomic E-state index is 0. The normalized spacial score (nSPS) is 11.6. The molecule has 2 aromatic heterocycles. The number of ketones is 2. The van der Waals surface area contributed by atoms with Crippen molar-refractivity contribution in [3.63, 3.8) is 0 Å². The molecular weight excluding hydrogens is 1040 g/mol. The van der Waals surface area contributed by atoms with E-state index in [2.05, 4.69) is 42.7 Å². The van der Waals surface area contributed by atoms with Crippen molar-refractivity contribution < 1.29 is 24.7 Å². The maximum absolute atomic E-state index is 13.8. The Hall–Kier alpha value is -8.48. The van der Waals surface area contributed by atoms with Crippen LogP contribution >= 0.6 is 31.9 Å². The molecule has 2 aliphatic rings. The van der Waals surface area contributed by atoms with E-state index in [1.54, 1.807) is 33.6 Å². The van der Waals surface area contributed by atoms with Gasteiger partial charge >= 0.3 is 0 Å². The van der Waals surface area contributed by atoms with Crippen LogP contribution in [0.4, 0.5) is 0 Å². The maximum atomic E-state index is 13.8. The second-order valence-electron chi connectivity index (χ2n) is 17.7. The predicted molar refractivity (Wildman–Crippen MR) is 297 cm³/mol. The van der Waals surface area contributed by atoms with E-state index in [1.807, 2.05) is 196 Å². The molecule has 2 aliphatic carbocycles. The predicted octanol–water partition coefficient (Wildman–Crippen LogP) is 14.2. The van der Waals surface area contributed by atoms with Crippen LogP contribution in [0.1, 0.15) is 63.7 Å². The van der Waals surface area contributed by atoms with Crippen molar-refractivity contribution in [2.75, 3.05) is 10.9 Å². The number of hydrogen-bond donors (Lipinski definition) is 2. The summed E-state index contributed by atoms with van der Waals surface area (Å²) in [6.07, 6.45) is 0. The van der Waals surface area contributed by atoms with Gasteiger partial charge in [0, 0.05) is 64.6 Å². The molecule has 2 heterocycles. The van der Waals surface area contributed by atoms with Crippen LogP contribution in [0.2, 0.25) is 0 Å². The van der Waals surface area contributed by atoms with E-state index in [1.165, 1.54) is 0 Å². The third-order valence-electron chi connectivity index (χ3n) is 13.1. The molecule has 0 bridgehead atoms. The van der Waals surface area contributed by atoms with E-state index in [-0.39, 0.29) is 28.9 Å². The minimum atomic E-state index is -0.249. The fraction of sp³-hybridized carbons (Fsp3) is 0.0323. The summed E-state index contributed by atoms with van der Waals surface area (Å²) in [6.45, 7) is 4.07. The van der Waals surface area contributed by atoms with Crippen molar-refractivity contribution in [3.05, 3.63) is 260 Å². The smallest absolute Gasteiger partial charge is 0.270 e. The summed E-state index contributed by atoms with van der Waals surface area (Å²) in [5, 5.41) is 0. The second kappa shape index (κ2) is 20.0. The quantitative estimate of drug-likeness (QED) is 0.157. The molecule has 0 saturated heterocycles. The molecule has 2 amide bonds. The van der Waals surface area contributed by atoms with E-state index in [0.29, 0.717) is 44.8 Å². The highest BCUT2D eigenvalue weighted by Crippen LogP contribution is 2.50. The summed E-state index contributed by atoms with van der Waals surface area (Å²) < 4.78 is 5.50. The van der Waals surface area contributed by atoms with Gasteiger partial charge in [-0.1, -0.05) is 201 Å². The lowest BCUT2D eigenvalue weighted by Crippen LogP contribution is -2.24. The van der Waals surface area contributed by atoms with E-state index in [4.69, 9.17) is 0 Å². The fourth-order valence-electron chi connectivity index (χ4n) is 9.64. The van der Waals surface area contributed by atoms with Crippen molar-refractivity contribution in [2.45, 2.75) is 13.8 Å². The molecule has 0 unspecified atom stereocenters. The van der Waals surface area contributed by atoms with E-state index < -0.39 is 0 Å². The Kier molecular flexibility index (Phi) is 13.2. The molecule has 12 rings (SSSR count). The third kappa shape index (κ3) is 8.77. The maximum Gasteiger partial charge on any atom is 0.270 e. The van der Waals surface area contributed by atoms with Gasteiger partial charge < -0.3 is 5.48 Å². The van der Waals surface area contributed by atoms with Gasteiger partial charge in [0.1, 0.15) is 0 Å². The first-order chi connectivity index (χ1) is 35.0. The second-order valence-corrected chi connectivity index (χ2v) is 19.5. The topological polar surface area (TPSA) is 134 Å². The van der Waals surface area contributed by atoms with Crippen LogP contribution in [0.3, 0.4) is 0 Å². The van der Waals surface area contributed by atoms with E-state index >= 15 is 0 Å². The van der Waals surface area contributed by atoms with Gasteiger partial charge in [-0.3, -0.25) is 39.4 Å². The number of carbonyl (C=O) groups excluding carboxylic acids is 4. The molecule has 0 atom stereocenters. The fourth-order valence-corrected chi connectivity index (χ4v) is 10.2. The van der Waals surface area contributed by atoms with Gasteiger partial charge in [0.15, 0.2) is 11.6 Å². The molecule has 11 heteroatoms. The van der Waals surface area contributed by atoms with Crippen LogP contribution in [-0.2, 0) is 0 Å². The molecule has 10 aromatic rings. The Morgan fingerprint density at radius 3 is 1.00 bits per heavy atom. The zero-order valence-corrected chi connectivity index (χ0v) is 42.6. The molecule has 9 nitrogen and oxygen atoms in total. The van der Waals surface area contributed by atoms with Gasteiger partial charge in [-0.25, -0.2) is 0 Å². The van der Waals surface area contributed by atoms with Gasteiger partial charge in [-0.05, 0) is 73.5 Å².